The van der Waals surface area contributed by atoms with Crippen molar-refractivity contribution >= 4 is 33.4 Å². The number of hydrogen-bond acceptors (Lipinski definition) is 4. The van der Waals surface area contributed by atoms with E-state index < -0.39 is 0 Å². The summed E-state index contributed by atoms with van der Waals surface area (Å²) in [6, 6.07) is 11.4. The van der Waals surface area contributed by atoms with Crippen molar-refractivity contribution in [1.29, 1.82) is 0 Å². The summed E-state index contributed by atoms with van der Waals surface area (Å²) in [5.41, 5.74) is 1.73. The van der Waals surface area contributed by atoms with Crippen LogP contribution in [-0.2, 0) is 6.54 Å². The molecule has 2 aliphatic rings. The number of benzene rings is 2. The molecule has 2 heterocycles. The second-order valence-electron chi connectivity index (χ2n) is 6.38. The highest BCUT2D eigenvalue weighted by Crippen LogP contribution is 2.33. The monoisotopic (exact) mass is 436 g/mol. The van der Waals surface area contributed by atoms with Crippen LogP contribution in [0.2, 0.25) is 5.02 Å². The van der Waals surface area contributed by atoms with Gasteiger partial charge in [0, 0.05) is 37.2 Å². The smallest absolute Gasteiger partial charge is 0.255 e. The molecule has 0 bridgehead atoms. The maximum Gasteiger partial charge on any atom is 0.255 e. The molecule has 0 saturated carbocycles. The molecule has 0 aliphatic carbocycles. The van der Waals surface area contributed by atoms with E-state index in [1.807, 2.05) is 23.1 Å². The average Bonchev–Trinajstić information content (AvgIpc) is 3.11. The fourth-order valence-corrected chi connectivity index (χ4v) is 3.80. The van der Waals surface area contributed by atoms with E-state index in [0.29, 0.717) is 23.7 Å². The van der Waals surface area contributed by atoms with Gasteiger partial charge >= 0.3 is 0 Å². The van der Waals surface area contributed by atoms with Crippen molar-refractivity contribution in [3.8, 4) is 11.5 Å². The van der Waals surface area contributed by atoms with Gasteiger partial charge < -0.3 is 14.4 Å². The molecular formula is C19H18BrClN2O3. The van der Waals surface area contributed by atoms with Gasteiger partial charge in [0.1, 0.15) is 0 Å². The van der Waals surface area contributed by atoms with Crippen LogP contribution in [0.25, 0.3) is 0 Å². The van der Waals surface area contributed by atoms with Crippen molar-refractivity contribution in [2.45, 2.75) is 6.54 Å². The van der Waals surface area contributed by atoms with Gasteiger partial charge in [-0.15, -0.1) is 0 Å². The maximum atomic E-state index is 12.7. The first-order chi connectivity index (χ1) is 12.6. The Labute approximate surface area is 165 Å². The van der Waals surface area contributed by atoms with Crippen LogP contribution < -0.4 is 9.47 Å². The average molecular weight is 438 g/mol. The second-order valence-corrected chi connectivity index (χ2v) is 7.70. The number of piperazine rings is 1. The first-order valence-corrected chi connectivity index (χ1v) is 9.62. The highest BCUT2D eigenvalue weighted by atomic mass is 79.9. The molecule has 0 aromatic heterocycles. The van der Waals surface area contributed by atoms with E-state index in [9.17, 15) is 4.79 Å². The molecule has 4 rings (SSSR count). The molecule has 2 aromatic carbocycles. The summed E-state index contributed by atoms with van der Waals surface area (Å²) in [4.78, 5) is 16.9. The Kier molecular flexibility index (Phi) is 5.07. The number of nitrogens with zero attached hydrogens (tertiary/aromatic N) is 2. The van der Waals surface area contributed by atoms with E-state index in [1.54, 1.807) is 12.1 Å². The lowest BCUT2D eigenvalue weighted by Gasteiger charge is -2.35. The molecule has 1 fully saturated rings. The van der Waals surface area contributed by atoms with Gasteiger partial charge in [-0.3, -0.25) is 9.69 Å². The van der Waals surface area contributed by atoms with Gasteiger partial charge in [0.25, 0.3) is 5.91 Å². The summed E-state index contributed by atoms with van der Waals surface area (Å²) >= 11 is 9.59. The lowest BCUT2D eigenvalue weighted by Crippen LogP contribution is -2.48. The van der Waals surface area contributed by atoms with E-state index in [-0.39, 0.29) is 12.7 Å². The standard InChI is InChI=1S/C19H18BrClN2O3/c20-14-2-3-16(21)15(10-14)19(24)23-7-5-22(6-8-23)11-13-1-4-17-18(9-13)26-12-25-17/h1-4,9-10H,5-8,11-12H2. The summed E-state index contributed by atoms with van der Waals surface area (Å²) in [5, 5.41) is 0.487. The molecule has 26 heavy (non-hydrogen) atoms. The van der Waals surface area contributed by atoms with Crippen molar-refractivity contribution in [2.75, 3.05) is 33.0 Å². The zero-order valence-corrected chi connectivity index (χ0v) is 16.4. The Morgan fingerprint density at radius 2 is 1.81 bits per heavy atom. The molecule has 0 N–H and O–H groups in total. The Morgan fingerprint density at radius 3 is 2.62 bits per heavy atom. The molecular weight excluding hydrogens is 420 g/mol. The van der Waals surface area contributed by atoms with Crippen molar-refractivity contribution in [3.63, 3.8) is 0 Å². The van der Waals surface area contributed by atoms with Gasteiger partial charge in [-0.05, 0) is 35.9 Å². The molecule has 7 heteroatoms. The van der Waals surface area contributed by atoms with Crippen LogP contribution >= 0.6 is 27.5 Å². The second kappa shape index (κ2) is 7.47. The van der Waals surface area contributed by atoms with Crippen LogP contribution in [0.5, 0.6) is 11.5 Å². The number of carbonyl (C=O) groups excluding carboxylic acids is 1. The van der Waals surface area contributed by atoms with Crippen LogP contribution in [0.15, 0.2) is 40.9 Å². The largest absolute Gasteiger partial charge is 0.454 e. The highest BCUT2D eigenvalue weighted by molar-refractivity contribution is 9.10. The predicted molar refractivity (Wildman–Crippen MR) is 103 cm³/mol. The Bertz CT molecular complexity index is 838. The molecule has 0 atom stereocenters. The summed E-state index contributed by atoms with van der Waals surface area (Å²) in [7, 11) is 0. The Hall–Kier alpha value is -1.76. The third-order valence-corrected chi connectivity index (χ3v) is 5.48. The predicted octanol–water partition coefficient (Wildman–Crippen LogP) is 3.79. The molecule has 0 spiro atoms. The minimum absolute atomic E-state index is 0.0148. The lowest BCUT2D eigenvalue weighted by atomic mass is 10.1. The first-order valence-electron chi connectivity index (χ1n) is 8.45. The summed E-state index contributed by atoms with van der Waals surface area (Å²) in [5.74, 6) is 1.59. The molecule has 5 nitrogen and oxygen atoms in total. The molecule has 0 unspecified atom stereocenters. The van der Waals surface area contributed by atoms with Gasteiger partial charge in [-0.25, -0.2) is 0 Å². The van der Waals surface area contributed by atoms with Crippen LogP contribution in [-0.4, -0.2) is 48.7 Å². The van der Waals surface area contributed by atoms with E-state index in [1.165, 1.54) is 5.56 Å². The van der Waals surface area contributed by atoms with Crippen LogP contribution in [0.1, 0.15) is 15.9 Å². The van der Waals surface area contributed by atoms with Crippen molar-refractivity contribution in [3.05, 3.63) is 57.0 Å². The summed E-state index contributed by atoms with van der Waals surface area (Å²) in [6.07, 6.45) is 0. The van der Waals surface area contributed by atoms with Gasteiger partial charge in [0.05, 0.1) is 10.6 Å². The fourth-order valence-electron chi connectivity index (χ4n) is 3.24. The van der Waals surface area contributed by atoms with Gasteiger partial charge in [-0.2, -0.15) is 0 Å². The van der Waals surface area contributed by atoms with E-state index in [0.717, 1.165) is 35.6 Å². The Morgan fingerprint density at radius 1 is 1.04 bits per heavy atom. The number of rotatable bonds is 3. The van der Waals surface area contributed by atoms with E-state index in [4.69, 9.17) is 21.1 Å². The molecule has 1 amide bonds. The summed E-state index contributed by atoms with van der Waals surface area (Å²) < 4.78 is 11.6. The zero-order valence-electron chi connectivity index (χ0n) is 14.1. The van der Waals surface area contributed by atoms with E-state index in [2.05, 4.69) is 26.9 Å². The summed E-state index contributed by atoms with van der Waals surface area (Å²) in [6.45, 7) is 4.14. The molecule has 2 aliphatic heterocycles. The van der Waals surface area contributed by atoms with E-state index >= 15 is 0 Å². The first kappa shape index (κ1) is 17.6. The van der Waals surface area contributed by atoms with Gasteiger partial charge in [-0.1, -0.05) is 33.6 Å². The minimum Gasteiger partial charge on any atom is -0.454 e. The molecule has 0 radical (unpaired) electrons. The fraction of sp³-hybridized carbons (Fsp3) is 0.316. The van der Waals surface area contributed by atoms with Crippen LogP contribution in [0.4, 0.5) is 0 Å². The molecule has 136 valence electrons. The van der Waals surface area contributed by atoms with Gasteiger partial charge in [0.15, 0.2) is 11.5 Å². The van der Waals surface area contributed by atoms with Crippen LogP contribution in [0, 0.1) is 0 Å². The number of halogens is 2. The van der Waals surface area contributed by atoms with Crippen molar-refractivity contribution < 1.29 is 14.3 Å². The number of fused-ring (bicyclic) bond motifs is 1. The maximum absolute atomic E-state index is 12.7. The Balaban J connectivity index is 1.36. The van der Waals surface area contributed by atoms with Crippen LogP contribution in [0.3, 0.4) is 0 Å². The lowest BCUT2D eigenvalue weighted by molar-refractivity contribution is 0.0628. The molecule has 2 aromatic rings. The van der Waals surface area contributed by atoms with Gasteiger partial charge in [0.2, 0.25) is 6.79 Å². The van der Waals surface area contributed by atoms with Crippen molar-refractivity contribution in [2.24, 2.45) is 0 Å². The zero-order chi connectivity index (χ0) is 18.1. The normalized spacial score (nSPS) is 16.8. The third-order valence-electron chi connectivity index (χ3n) is 4.66. The van der Waals surface area contributed by atoms with Crippen molar-refractivity contribution in [1.82, 2.24) is 9.80 Å². The number of amides is 1. The number of ether oxygens (including phenoxy) is 2. The highest BCUT2D eigenvalue weighted by Gasteiger charge is 2.24. The number of hydrogen-bond donors (Lipinski definition) is 0. The minimum atomic E-state index is -0.0148. The number of carbonyl (C=O) groups is 1. The third kappa shape index (κ3) is 3.68. The topological polar surface area (TPSA) is 42.0 Å². The quantitative estimate of drug-likeness (QED) is 0.733. The molecule has 1 saturated heterocycles. The SMILES string of the molecule is O=C(c1cc(Br)ccc1Cl)N1CCN(Cc2ccc3c(c2)OCO3)CC1.